The molecule has 1 rings (SSSR count). The number of hydrogen-bond donors (Lipinski definition) is 1. The van der Waals surface area contributed by atoms with Gasteiger partial charge in [-0.05, 0) is 57.0 Å². The summed E-state index contributed by atoms with van der Waals surface area (Å²) in [5.41, 5.74) is 5.59. The molecule has 0 aliphatic rings. The van der Waals surface area contributed by atoms with Crippen molar-refractivity contribution in [2.24, 2.45) is 0 Å². The van der Waals surface area contributed by atoms with E-state index < -0.39 is 0 Å². The van der Waals surface area contributed by atoms with Gasteiger partial charge in [-0.3, -0.25) is 4.79 Å². The third-order valence-electron chi connectivity index (χ3n) is 3.25. The highest BCUT2D eigenvalue weighted by atomic mass is 16.1. The molecule has 0 amide bonds. The summed E-state index contributed by atoms with van der Waals surface area (Å²) >= 11 is 0. The van der Waals surface area contributed by atoms with Gasteiger partial charge in [0.15, 0.2) is 5.78 Å². The molecule has 0 aromatic heterocycles. The van der Waals surface area contributed by atoms with Crippen molar-refractivity contribution in [2.45, 2.75) is 34.1 Å². The Morgan fingerprint density at radius 3 is 2.06 bits per heavy atom. The molecule has 2 heteroatoms. The summed E-state index contributed by atoms with van der Waals surface area (Å²) in [6.45, 7) is 8.95. The molecule has 0 saturated carbocycles. The van der Waals surface area contributed by atoms with Crippen LogP contribution in [0.1, 0.15) is 39.0 Å². The summed E-state index contributed by atoms with van der Waals surface area (Å²) in [5.74, 6) is 0.246. The monoisotopic (exact) mass is 219 g/mol. The lowest BCUT2D eigenvalue weighted by molar-refractivity contribution is 0.0982. The van der Waals surface area contributed by atoms with Crippen molar-refractivity contribution in [3.05, 3.63) is 33.9 Å². The number of benzene rings is 1. The van der Waals surface area contributed by atoms with Crippen molar-refractivity contribution in [3.63, 3.8) is 0 Å². The zero-order valence-corrected chi connectivity index (χ0v) is 10.9. The lowest BCUT2D eigenvalue weighted by Crippen LogP contribution is -2.15. The molecule has 16 heavy (non-hydrogen) atoms. The van der Waals surface area contributed by atoms with Crippen molar-refractivity contribution in [1.82, 2.24) is 5.32 Å². The molecule has 0 radical (unpaired) electrons. The van der Waals surface area contributed by atoms with Gasteiger partial charge in [0.25, 0.3) is 0 Å². The van der Waals surface area contributed by atoms with E-state index in [-0.39, 0.29) is 5.78 Å². The van der Waals surface area contributed by atoms with Crippen LogP contribution in [0.25, 0.3) is 0 Å². The van der Waals surface area contributed by atoms with Gasteiger partial charge < -0.3 is 5.32 Å². The molecule has 0 aliphatic carbocycles. The van der Waals surface area contributed by atoms with Gasteiger partial charge >= 0.3 is 0 Å². The second-order valence-corrected chi connectivity index (χ2v) is 4.41. The Hall–Kier alpha value is -1.15. The average Bonchev–Trinajstić information content (AvgIpc) is 2.24. The van der Waals surface area contributed by atoms with Crippen LogP contribution < -0.4 is 5.32 Å². The molecule has 0 bridgehead atoms. The molecule has 0 atom stereocenters. The van der Waals surface area contributed by atoms with E-state index >= 15 is 0 Å². The lowest BCUT2D eigenvalue weighted by Gasteiger charge is -2.14. The maximum atomic E-state index is 12.1. The van der Waals surface area contributed by atoms with Gasteiger partial charge in [-0.15, -0.1) is 0 Å². The van der Waals surface area contributed by atoms with Crippen LogP contribution in [0, 0.1) is 27.7 Å². The standard InChI is InChI=1S/C14H21NO/c1-9-8-10(2)12(4)14(11(9)3)13(16)6-7-15-5/h8,15H,6-7H2,1-5H3. The normalized spacial score (nSPS) is 10.6. The van der Waals surface area contributed by atoms with E-state index in [2.05, 4.69) is 25.2 Å². The number of hydrogen-bond acceptors (Lipinski definition) is 2. The Labute approximate surface area is 98.1 Å². The first-order valence-corrected chi connectivity index (χ1v) is 5.74. The molecule has 1 N–H and O–H groups in total. The Morgan fingerprint density at radius 2 is 1.62 bits per heavy atom. The minimum absolute atomic E-state index is 0.246. The predicted molar refractivity (Wildman–Crippen MR) is 68.3 cm³/mol. The maximum absolute atomic E-state index is 12.1. The van der Waals surface area contributed by atoms with E-state index in [0.29, 0.717) is 6.42 Å². The highest BCUT2D eigenvalue weighted by Crippen LogP contribution is 2.22. The van der Waals surface area contributed by atoms with E-state index in [4.69, 9.17) is 0 Å². The number of nitrogens with one attached hydrogen (secondary N) is 1. The zero-order valence-electron chi connectivity index (χ0n) is 10.9. The maximum Gasteiger partial charge on any atom is 0.164 e. The number of rotatable bonds is 4. The molecule has 1 aromatic carbocycles. The third kappa shape index (κ3) is 2.50. The van der Waals surface area contributed by atoms with Gasteiger partial charge in [-0.25, -0.2) is 0 Å². The average molecular weight is 219 g/mol. The summed E-state index contributed by atoms with van der Waals surface area (Å²) in [6.07, 6.45) is 0.571. The Balaban J connectivity index is 3.16. The Bertz CT molecular complexity index is 381. The number of aryl methyl sites for hydroxylation is 2. The Kier molecular flexibility index (Phi) is 4.25. The summed E-state index contributed by atoms with van der Waals surface area (Å²) in [6, 6.07) is 2.15. The van der Waals surface area contributed by atoms with Crippen LogP contribution in [-0.4, -0.2) is 19.4 Å². The molecular formula is C14H21NO. The van der Waals surface area contributed by atoms with Crippen LogP contribution in [0.2, 0.25) is 0 Å². The SMILES string of the molecule is CNCCC(=O)c1c(C)c(C)cc(C)c1C. The molecule has 0 aliphatic heterocycles. The molecule has 88 valence electrons. The van der Waals surface area contributed by atoms with E-state index in [1.165, 1.54) is 11.1 Å². The summed E-state index contributed by atoms with van der Waals surface area (Å²) < 4.78 is 0. The smallest absolute Gasteiger partial charge is 0.164 e. The molecule has 0 unspecified atom stereocenters. The van der Waals surface area contributed by atoms with Gasteiger partial charge in [-0.2, -0.15) is 0 Å². The topological polar surface area (TPSA) is 29.1 Å². The van der Waals surface area contributed by atoms with Crippen LogP contribution in [0.5, 0.6) is 0 Å². The third-order valence-corrected chi connectivity index (χ3v) is 3.25. The zero-order chi connectivity index (χ0) is 12.3. The van der Waals surface area contributed by atoms with Gasteiger partial charge in [0.2, 0.25) is 0 Å². The van der Waals surface area contributed by atoms with E-state index in [0.717, 1.165) is 23.2 Å². The van der Waals surface area contributed by atoms with Gasteiger partial charge in [0.05, 0.1) is 0 Å². The number of carbonyl (C=O) groups excluding carboxylic acids is 1. The van der Waals surface area contributed by atoms with E-state index in [9.17, 15) is 4.79 Å². The number of ketones is 1. The van der Waals surface area contributed by atoms with Crippen LogP contribution in [0.4, 0.5) is 0 Å². The Morgan fingerprint density at radius 1 is 1.12 bits per heavy atom. The van der Waals surface area contributed by atoms with Crippen molar-refractivity contribution in [2.75, 3.05) is 13.6 Å². The van der Waals surface area contributed by atoms with Crippen LogP contribution >= 0.6 is 0 Å². The fourth-order valence-corrected chi connectivity index (χ4v) is 2.00. The fraction of sp³-hybridized carbons (Fsp3) is 0.500. The van der Waals surface area contributed by atoms with Crippen LogP contribution in [-0.2, 0) is 0 Å². The van der Waals surface area contributed by atoms with Crippen molar-refractivity contribution in [3.8, 4) is 0 Å². The quantitative estimate of drug-likeness (QED) is 0.789. The van der Waals surface area contributed by atoms with E-state index in [1.54, 1.807) is 0 Å². The first kappa shape index (κ1) is 12.9. The first-order valence-electron chi connectivity index (χ1n) is 5.74. The van der Waals surface area contributed by atoms with Crippen molar-refractivity contribution >= 4 is 5.78 Å². The second kappa shape index (κ2) is 5.26. The first-order chi connectivity index (χ1) is 7.49. The molecule has 1 aromatic rings. The lowest BCUT2D eigenvalue weighted by atomic mass is 9.91. The number of Topliss-reactive ketones (excluding diaryl/α,β-unsaturated/α-hetero) is 1. The largest absolute Gasteiger partial charge is 0.319 e. The van der Waals surface area contributed by atoms with Gasteiger partial charge in [0.1, 0.15) is 0 Å². The van der Waals surface area contributed by atoms with Crippen molar-refractivity contribution in [1.29, 1.82) is 0 Å². The summed E-state index contributed by atoms with van der Waals surface area (Å²) in [5, 5.41) is 3.02. The molecule has 0 saturated heterocycles. The minimum Gasteiger partial charge on any atom is -0.319 e. The van der Waals surface area contributed by atoms with Crippen LogP contribution in [0.15, 0.2) is 6.07 Å². The second-order valence-electron chi connectivity index (χ2n) is 4.41. The minimum atomic E-state index is 0.246. The number of carbonyl (C=O) groups is 1. The molecule has 0 spiro atoms. The summed E-state index contributed by atoms with van der Waals surface area (Å²) in [7, 11) is 1.87. The summed E-state index contributed by atoms with van der Waals surface area (Å²) in [4.78, 5) is 12.1. The molecule has 2 nitrogen and oxygen atoms in total. The highest BCUT2D eigenvalue weighted by Gasteiger charge is 2.14. The molecule has 0 heterocycles. The predicted octanol–water partition coefficient (Wildman–Crippen LogP) is 2.71. The molecular weight excluding hydrogens is 198 g/mol. The van der Waals surface area contributed by atoms with Crippen molar-refractivity contribution < 1.29 is 4.79 Å². The van der Waals surface area contributed by atoms with Crippen LogP contribution in [0.3, 0.4) is 0 Å². The van der Waals surface area contributed by atoms with E-state index in [1.807, 2.05) is 20.9 Å². The molecule has 0 fully saturated rings. The fourth-order valence-electron chi connectivity index (χ4n) is 2.00. The van der Waals surface area contributed by atoms with Gasteiger partial charge in [0, 0.05) is 18.5 Å². The highest BCUT2D eigenvalue weighted by molar-refractivity contribution is 5.99. The van der Waals surface area contributed by atoms with Gasteiger partial charge in [-0.1, -0.05) is 6.07 Å².